The van der Waals surface area contributed by atoms with Crippen LogP contribution in [0.3, 0.4) is 0 Å². The lowest BCUT2D eigenvalue weighted by molar-refractivity contribution is -0.120. The van der Waals surface area contributed by atoms with Crippen LogP contribution >= 0.6 is 0 Å². The fourth-order valence-electron chi connectivity index (χ4n) is 6.89. The van der Waals surface area contributed by atoms with Crippen LogP contribution in [0, 0.1) is 0 Å². The van der Waals surface area contributed by atoms with Gasteiger partial charge in [-0.2, -0.15) is 4.98 Å². The molecule has 1 aromatic carbocycles. The zero-order valence-corrected chi connectivity index (χ0v) is 39.0. The Bertz CT molecular complexity index is 1660. The molecule has 1 unspecified atom stereocenters. The summed E-state index contributed by atoms with van der Waals surface area (Å²) in [6, 6.07) is 6.09. The minimum absolute atomic E-state index is 0.0637. The summed E-state index contributed by atoms with van der Waals surface area (Å²) in [5.41, 5.74) is 1.74. The maximum atomic E-state index is 13.2. The molecule has 1 fully saturated rings. The molecule has 1 saturated carbocycles. The summed E-state index contributed by atoms with van der Waals surface area (Å²) in [5, 5.41) is 6.13. The topological polar surface area (TPSA) is 185 Å². The van der Waals surface area contributed by atoms with Crippen molar-refractivity contribution < 1.29 is 52.3 Å². The number of carbonyl (C=O) groups excluding carboxylic acids is 3. The second-order valence-corrected chi connectivity index (χ2v) is 22.0. The minimum Gasteiger partial charge on any atom is -0.495 e. The van der Waals surface area contributed by atoms with Crippen molar-refractivity contribution in [2.24, 2.45) is 0 Å². The molecule has 2 aromatic rings. The third-order valence-corrected chi connectivity index (χ3v) is 12.2. The van der Waals surface area contributed by atoms with Gasteiger partial charge in [-0.15, -0.1) is 0 Å². The summed E-state index contributed by atoms with van der Waals surface area (Å²) in [5.74, 6) is 1.40. The molecule has 0 spiro atoms. The normalized spacial score (nSPS) is 15.5. The van der Waals surface area contributed by atoms with E-state index in [4.69, 9.17) is 42.9 Å². The molecule has 0 bridgehead atoms. The largest absolute Gasteiger partial charge is 0.495 e. The van der Waals surface area contributed by atoms with Crippen molar-refractivity contribution in [3.8, 4) is 5.75 Å². The van der Waals surface area contributed by atoms with Crippen LogP contribution in [-0.4, -0.2) is 173 Å². The van der Waals surface area contributed by atoms with E-state index in [0.29, 0.717) is 134 Å². The van der Waals surface area contributed by atoms with Crippen molar-refractivity contribution in [2.45, 2.75) is 76.8 Å². The molecule has 1 aliphatic heterocycles. The van der Waals surface area contributed by atoms with Gasteiger partial charge in [-0.25, -0.2) is 9.78 Å². The molecule has 2 aliphatic rings. The van der Waals surface area contributed by atoms with Crippen molar-refractivity contribution in [3.05, 3.63) is 30.0 Å². The number of benzene rings is 1. The van der Waals surface area contributed by atoms with E-state index in [1.807, 2.05) is 6.92 Å². The average Bonchev–Trinajstić information content (AvgIpc) is 3.79. The molecule has 0 radical (unpaired) electrons. The van der Waals surface area contributed by atoms with E-state index in [1.54, 1.807) is 50.5 Å². The van der Waals surface area contributed by atoms with Gasteiger partial charge in [0.25, 0.3) is 5.91 Å². The highest BCUT2D eigenvalue weighted by Crippen LogP contribution is 2.40. The summed E-state index contributed by atoms with van der Waals surface area (Å²) in [6.45, 7) is 15.1. The molecule has 4 rings (SSSR count). The van der Waals surface area contributed by atoms with Crippen LogP contribution in [0.5, 0.6) is 5.75 Å². The maximum absolute atomic E-state index is 13.2. The molecular weight excluding hydrogens is 819 g/mol. The van der Waals surface area contributed by atoms with Gasteiger partial charge in [0.1, 0.15) is 17.5 Å². The van der Waals surface area contributed by atoms with Crippen LogP contribution in [0.2, 0.25) is 25.7 Å². The van der Waals surface area contributed by atoms with E-state index < -0.39 is 8.07 Å². The van der Waals surface area contributed by atoms with Crippen molar-refractivity contribution in [1.82, 2.24) is 20.2 Å². The van der Waals surface area contributed by atoms with Gasteiger partial charge in [0.15, 0.2) is 5.82 Å². The summed E-state index contributed by atoms with van der Waals surface area (Å²) in [6.07, 6.45) is 6.41. The number of methoxy groups -OCH3 is 1. The Kier molecular flexibility index (Phi) is 22.1. The number of amides is 3. The SMILES string of the molecule is CCC1C(=O)N(C)c2cnc(Nc3ccc(C(=O)NCCOCCOCCOCCOCCOCCOCCN(C)C(=O)OCC[Si](C)(C)C)cc3OC)nc2N1C1CCCC1. The first-order valence-corrected chi connectivity index (χ1v) is 25.6. The monoisotopic (exact) mass is 889 g/mol. The maximum Gasteiger partial charge on any atom is 0.409 e. The smallest absolute Gasteiger partial charge is 0.409 e. The fourth-order valence-corrected chi connectivity index (χ4v) is 7.60. The van der Waals surface area contributed by atoms with E-state index in [0.717, 1.165) is 37.5 Å². The molecular formula is C43H71N7O11Si. The van der Waals surface area contributed by atoms with Crippen LogP contribution in [0.25, 0.3) is 0 Å². The first-order chi connectivity index (χ1) is 29.9. The second kappa shape index (κ2) is 27.2. The van der Waals surface area contributed by atoms with E-state index in [-0.39, 0.29) is 30.0 Å². The molecule has 62 heavy (non-hydrogen) atoms. The summed E-state index contributed by atoms with van der Waals surface area (Å²) in [7, 11) is 3.80. The number of likely N-dealkylation sites (N-methyl/N-ethyl adjacent to an activating group) is 2. The van der Waals surface area contributed by atoms with Crippen LogP contribution in [-0.2, 0) is 38.0 Å². The number of anilines is 4. The van der Waals surface area contributed by atoms with Gasteiger partial charge in [-0.05, 0) is 43.5 Å². The van der Waals surface area contributed by atoms with Crippen LogP contribution in [0.1, 0.15) is 49.4 Å². The number of ether oxygens (including phenoxy) is 8. The lowest BCUT2D eigenvalue weighted by Crippen LogP contribution is -2.55. The Hall–Kier alpha value is -4.11. The van der Waals surface area contributed by atoms with Crippen LogP contribution < -0.4 is 25.2 Å². The van der Waals surface area contributed by atoms with Crippen molar-refractivity contribution in [1.29, 1.82) is 0 Å². The molecule has 19 heteroatoms. The number of hydrogen-bond donors (Lipinski definition) is 2. The van der Waals surface area contributed by atoms with E-state index in [9.17, 15) is 14.4 Å². The number of nitrogens with one attached hydrogen (secondary N) is 2. The summed E-state index contributed by atoms with van der Waals surface area (Å²) in [4.78, 5) is 53.0. The Labute approximate surface area is 368 Å². The number of hydrogen-bond acceptors (Lipinski definition) is 15. The van der Waals surface area contributed by atoms with Crippen molar-refractivity contribution in [2.75, 3.05) is 135 Å². The standard InChI is InChI=1S/C43H71N7O11Si/c1-8-36-41(52)49(3)37-32-45-42(47-39(37)50(36)34-11-9-10-12-34)46-35-14-13-33(31-38(35)54-4)40(51)44-15-17-55-19-21-57-23-25-59-27-28-60-26-24-58-22-20-56-18-16-48(2)43(53)61-29-30-62(5,6)7/h13-14,31-32,34,36H,8-12,15-30H2,1-7H3,(H,44,51)(H,45,46,47). The molecule has 1 aliphatic carbocycles. The van der Waals surface area contributed by atoms with Gasteiger partial charge in [0.05, 0.1) is 105 Å². The fraction of sp³-hybridized carbons (Fsp3) is 0.698. The molecule has 18 nitrogen and oxygen atoms in total. The molecule has 2 heterocycles. The van der Waals surface area contributed by atoms with Crippen LogP contribution in [0.4, 0.5) is 27.9 Å². The zero-order valence-electron chi connectivity index (χ0n) is 38.0. The minimum atomic E-state index is -1.23. The highest BCUT2D eigenvalue weighted by Gasteiger charge is 2.41. The predicted molar refractivity (Wildman–Crippen MR) is 240 cm³/mol. The second-order valence-electron chi connectivity index (χ2n) is 16.4. The van der Waals surface area contributed by atoms with Crippen molar-refractivity contribution >= 4 is 49.1 Å². The number of carbonyl (C=O) groups is 3. The average molecular weight is 890 g/mol. The highest BCUT2D eigenvalue weighted by molar-refractivity contribution is 6.76. The number of aromatic nitrogens is 2. The van der Waals surface area contributed by atoms with E-state index in [1.165, 1.54) is 4.90 Å². The van der Waals surface area contributed by atoms with Gasteiger partial charge in [-0.3, -0.25) is 9.59 Å². The Balaban J connectivity index is 0.988. The molecule has 348 valence electrons. The van der Waals surface area contributed by atoms with Gasteiger partial charge in [-0.1, -0.05) is 39.4 Å². The summed E-state index contributed by atoms with van der Waals surface area (Å²) >= 11 is 0. The lowest BCUT2D eigenvalue weighted by atomic mass is 10.0. The summed E-state index contributed by atoms with van der Waals surface area (Å²) < 4.78 is 44.2. The van der Waals surface area contributed by atoms with E-state index >= 15 is 0 Å². The predicted octanol–water partition coefficient (Wildman–Crippen LogP) is 4.97. The lowest BCUT2D eigenvalue weighted by Gasteiger charge is -2.43. The Morgan fingerprint density at radius 3 is 2.00 bits per heavy atom. The highest BCUT2D eigenvalue weighted by atomic mass is 28.3. The van der Waals surface area contributed by atoms with Gasteiger partial charge >= 0.3 is 6.09 Å². The third-order valence-electron chi connectivity index (χ3n) is 10.5. The van der Waals surface area contributed by atoms with Gasteiger partial charge in [0.2, 0.25) is 11.9 Å². The Morgan fingerprint density at radius 2 is 1.44 bits per heavy atom. The van der Waals surface area contributed by atoms with Gasteiger partial charge in [0, 0.05) is 46.9 Å². The quantitative estimate of drug-likeness (QED) is 0.0792. The van der Waals surface area contributed by atoms with Crippen molar-refractivity contribution in [3.63, 3.8) is 0 Å². The molecule has 1 aromatic heterocycles. The number of fused-ring (bicyclic) bond motifs is 1. The van der Waals surface area contributed by atoms with Crippen LogP contribution in [0.15, 0.2) is 24.4 Å². The first-order valence-electron chi connectivity index (χ1n) is 21.9. The Morgan fingerprint density at radius 1 is 0.855 bits per heavy atom. The molecule has 0 saturated heterocycles. The zero-order chi connectivity index (χ0) is 44.7. The number of rotatable bonds is 30. The number of nitrogens with zero attached hydrogens (tertiary/aromatic N) is 5. The van der Waals surface area contributed by atoms with Gasteiger partial charge < -0.3 is 63.2 Å². The molecule has 3 amide bonds. The van der Waals surface area contributed by atoms with E-state index in [2.05, 4.69) is 40.2 Å². The molecule has 1 atom stereocenters. The first kappa shape index (κ1) is 50.5. The third kappa shape index (κ3) is 16.9. The molecule has 2 N–H and O–H groups in total.